The summed E-state index contributed by atoms with van der Waals surface area (Å²) in [4.78, 5) is 35.3. The summed E-state index contributed by atoms with van der Waals surface area (Å²) in [5.74, 6) is -1.60. The molecule has 1 aromatic rings. The van der Waals surface area contributed by atoms with Crippen molar-refractivity contribution in [3.8, 4) is 0 Å². The first-order valence-corrected chi connectivity index (χ1v) is 8.94. The van der Waals surface area contributed by atoms with Gasteiger partial charge in [-0.15, -0.1) is 11.3 Å². The number of carboxylic acid groups (broad SMARTS) is 1. The van der Waals surface area contributed by atoms with E-state index in [-0.39, 0.29) is 24.2 Å². The summed E-state index contributed by atoms with van der Waals surface area (Å²) in [5.41, 5.74) is 6.51. The van der Waals surface area contributed by atoms with Gasteiger partial charge in [-0.3, -0.25) is 20.4 Å². The van der Waals surface area contributed by atoms with Crippen molar-refractivity contribution in [3.05, 3.63) is 21.4 Å². The minimum absolute atomic E-state index is 0.225. The fourth-order valence-electron chi connectivity index (χ4n) is 2.91. The van der Waals surface area contributed by atoms with E-state index >= 15 is 0 Å². The topological polar surface area (TPSA) is 98.3 Å². The van der Waals surface area contributed by atoms with Gasteiger partial charge in [0.25, 0.3) is 5.91 Å². The van der Waals surface area contributed by atoms with Crippen LogP contribution in [0, 0.1) is 11.3 Å². The summed E-state index contributed by atoms with van der Waals surface area (Å²) in [6.45, 7) is 6.73. The van der Waals surface area contributed by atoms with E-state index in [0.29, 0.717) is 11.5 Å². The summed E-state index contributed by atoms with van der Waals surface area (Å²) in [5, 5.41) is 12.1. The van der Waals surface area contributed by atoms with Gasteiger partial charge in [-0.25, -0.2) is 0 Å². The number of carboxylic acids is 1. The lowest BCUT2D eigenvalue weighted by molar-refractivity contribution is -0.305. The summed E-state index contributed by atoms with van der Waals surface area (Å²) in [6.07, 6.45) is 2.30. The number of carbonyl (C=O) groups excluding carboxylic acids is 3. The van der Waals surface area contributed by atoms with Crippen molar-refractivity contribution >= 4 is 29.1 Å². The van der Waals surface area contributed by atoms with Gasteiger partial charge in [0, 0.05) is 22.6 Å². The number of hydrogen-bond acceptors (Lipinski definition) is 5. The average molecular weight is 351 g/mol. The Hall–Kier alpha value is -1.89. The van der Waals surface area contributed by atoms with Gasteiger partial charge in [-0.1, -0.05) is 20.8 Å². The minimum Gasteiger partial charge on any atom is -0.550 e. The highest BCUT2D eigenvalue weighted by Crippen LogP contribution is 2.40. The number of aliphatic carboxylic acids is 1. The van der Waals surface area contributed by atoms with Crippen LogP contribution in [0.25, 0.3) is 0 Å². The zero-order valence-electron chi connectivity index (χ0n) is 14.2. The van der Waals surface area contributed by atoms with Crippen molar-refractivity contribution in [1.29, 1.82) is 0 Å². The molecule has 0 bridgehead atoms. The van der Waals surface area contributed by atoms with E-state index < -0.39 is 11.9 Å². The first-order valence-electron chi connectivity index (χ1n) is 8.06. The lowest BCUT2D eigenvalue weighted by Crippen LogP contribution is -2.42. The second-order valence-corrected chi connectivity index (χ2v) is 8.20. The van der Waals surface area contributed by atoms with Crippen LogP contribution in [0.2, 0.25) is 0 Å². The molecule has 0 saturated heterocycles. The predicted molar refractivity (Wildman–Crippen MR) is 89.1 cm³/mol. The lowest BCUT2D eigenvalue weighted by atomic mass is 9.72. The average Bonchev–Trinajstić information content (AvgIpc) is 2.92. The Morgan fingerprint density at radius 3 is 2.58 bits per heavy atom. The van der Waals surface area contributed by atoms with E-state index in [4.69, 9.17) is 0 Å². The van der Waals surface area contributed by atoms with E-state index in [0.717, 1.165) is 24.8 Å². The monoisotopic (exact) mass is 351 g/mol. The second kappa shape index (κ2) is 7.34. The molecule has 0 saturated carbocycles. The molecular weight excluding hydrogens is 328 g/mol. The third-order valence-electron chi connectivity index (χ3n) is 4.50. The van der Waals surface area contributed by atoms with E-state index in [2.05, 4.69) is 31.6 Å². The highest BCUT2D eigenvalue weighted by atomic mass is 32.1. The number of hydrogen-bond donors (Lipinski definition) is 2. The number of amides is 2. The van der Waals surface area contributed by atoms with Crippen LogP contribution in [0.3, 0.4) is 0 Å². The van der Waals surface area contributed by atoms with Gasteiger partial charge in [0.15, 0.2) is 0 Å². The Bertz CT molecular complexity index is 646. The molecule has 2 N–H and O–H groups in total. The molecular formula is C17H23N2O4S-. The van der Waals surface area contributed by atoms with Gasteiger partial charge in [0.1, 0.15) is 0 Å². The van der Waals surface area contributed by atoms with Crippen LogP contribution in [0.1, 0.15) is 60.8 Å². The van der Waals surface area contributed by atoms with Crippen LogP contribution in [-0.4, -0.2) is 17.8 Å². The number of nitrogens with one attached hydrogen (secondary N) is 2. The van der Waals surface area contributed by atoms with E-state index in [9.17, 15) is 19.5 Å². The van der Waals surface area contributed by atoms with Gasteiger partial charge < -0.3 is 9.90 Å². The third kappa shape index (κ3) is 4.56. The van der Waals surface area contributed by atoms with Crippen molar-refractivity contribution < 1.29 is 19.5 Å². The predicted octanol–water partition coefficient (Wildman–Crippen LogP) is 1.19. The standard InChI is InChI=1S/C17H24N2O4S/c1-17(2,3)10-4-5-11-12(9-24-13(11)8-10)16(23)19-18-14(20)6-7-15(21)22/h9-10H,4-8H2,1-3H3,(H,18,20)(H,19,23)(H,21,22)/p-1/t10-/m0/s1. The van der Waals surface area contributed by atoms with E-state index in [1.807, 2.05) is 5.38 Å². The Labute approximate surface area is 145 Å². The normalized spacial score (nSPS) is 17.0. The van der Waals surface area contributed by atoms with Gasteiger partial charge in [-0.05, 0) is 42.6 Å². The minimum atomic E-state index is -1.29. The van der Waals surface area contributed by atoms with Crippen molar-refractivity contribution in [1.82, 2.24) is 10.9 Å². The molecule has 1 atom stereocenters. The lowest BCUT2D eigenvalue weighted by Gasteiger charge is -2.34. The summed E-state index contributed by atoms with van der Waals surface area (Å²) < 4.78 is 0. The molecule has 1 heterocycles. The Balaban J connectivity index is 1.95. The van der Waals surface area contributed by atoms with Crippen molar-refractivity contribution in [2.45, 2.75) is 52.9 Å². The van der Waals surface area contributed by atoms with E-state index in [1.165, 1.54) is 4.88 Å². The molecule has 1 aliphatic carbocycles. The van der Waals surface area contributed by atoms with Crippen LogP contribution in [0.15, 0.2) is 5.38 Å². The molecule has 0 aromatic carbocycles. The molecule has 7 heteroatoms. The van der Waals surface area contributed by atoms with Crippen LogP contribution in [-0.2, 0) is 22.4 Å². The smallest absolute Gasteiger partial charge is 0.270 e. The fourth-order valence-corrected chi connectivity index (χ4v) is 4.08. The number of rotatable bonds is 4. The molecule has 0 unspecified atom stereocenters. The molecule has 24 heavy (non-hydrogen) atoms. The Kier molecular flexibility index (Phi) is 5.64. The Morgan fingerprint density at radius 1 is 1.25 bits per heavy atom. The molecule has 132 valence electrons. The molecule has 2 amide bonds. The maximum Gasteiger partial charge on any atom is 0.270 e. The summed E-state index contributed by atoms with van der Waals surface area (Å²) in [6, 6.07) is 0. The molecule has 6 nitrogen and oxygen atoms in total. The molecule has 0 spiro atoms. The van der Waals surface area contributed by atoms with E-state index in [1.54, 1.807) is 11.3 Å². The quantitative estimate of drug-likeness (QED) is 0.796. The molecule has 2 rings (SSSR count). The molecule has 0 aliphatic heterocycles. The van der Waals surface area contributed by atoms with Crippen molar-refractivity contribution in [2.24, 2.45) is 11.3 Å². The van der Waals surface area contributed by atoms with Gasteiger partial charge in [-0.2, -0.15) is 0 Å². The molecule has 0 fully saturated rings. The van der Waals surface area contributed by atoms with Crippen molar-refractivity contribution in [3.63, 3.8) is 0 Å². The van der Waals surface area contributed by atoms with Gasteiger partial charge >= 0.3 is 0 Å². The first kappa shape index (κ1) is 18.4. The van der Waals surface area contributed by atoms with Crippen LogP contribution in [0.4, 0.5) is 0 Å². The number of hydrazine groups is 1. The van der Waals surface area contributed by atoms with Crippen LogP contribution in [0.5, 0.6) is 0 Å². The fraction of sp³-hybridized carbons (Fsp3) is 0.588. The highest BCUT2D eigenvalue weighted by molar-refractivity contribution is 7.10. The molecule has 0 radical (unpaired) electrons. The Morgan fingerprint density at radius 2 is 1.96 bits per heavy atom. The third-order valence-corrected chi connectivity index (χ3v) is 5.55. The highest BCUT2D eigenvalue weighted by Gasteiger charge is 2.31. The zero-order valence-corrected chi connectivity index (χ0v) is 15.0. The zero-order chi connectivity index (χ0) is 17.9. The summed E-state index contributed by atoms with van der Waals surface area (Å²) >= 11 is 1.59. The second-order valence-electron chi connectivity index (χ2n) is 7.23. The summed E-state index contributed by atoms with van der Waals surface area (Å²) in [7, 11) is 0. The van der Waals surface area contributed by atoms with Crippen LogP contribution < -0.4 is 16.0 Å². The molecule has 1 aromatic heterocycles. The first-order chi connectivity index (χ1) is 11.2. The van der Waals surface area contributed by atoms with Crippen LogP contribution >= 0.6 is 11.3 Å². The maximum absolute atomic E-state index is 12.3. The SMILES string of the molecule is CC(C)(C)[C@H]1CCc2c(C(=O)NNC(=O)CCC(=O)[O-])csc2C1. The number of thiophene rings is 1. The van der Waals surface area contributed by atoms with Gasteiger partial charge in [0.2, 0.25) is 5.91 Å². The van der Waals surface area contributed by atoms with Crippen molar-refractivity contribution in [2.75, 3.05) is 0 Å². The number of fused-ring (bicyclic) bond motifs is 1. The largest absolute Gasteiger partial charge is 0.550 e. The maximum atomic E-state index is 12.3. The number of carbonyl (C=O) groups is 3. The van der Waals surface area contributed by atoms with Gasteiger partial charge in [0.05, 0.1) is 5.56 Å². The molecule has 1 aliphatic rings.